The molecule has 1 aliphatic carbocycles. The highest BCUT2D eigenvalue weighted by Crippen LogP contribution is 2.37. The molecule has 0 aromatic carbocycles. The van der Waals surface area contributed by atoms with E-state index in [2.05, 4.69) is 11.2 Å². The van der Waals surface area contributed by atoms with E-state index in [4.69, 9.17) is 16.9 Å². The van der Waals surface area contributed by atoms with Gasteiger partial charge in [-0.2, -0.15) is 10.4 Å². The molecule has 0 saturated heterocycles. The van der Waals surface area contributed by atoms with Crippen LogP contribution in [0.15, 0.2) is 0 Å². The fraction of sp³-hybridized carbons (Fsp3) is 0.636. The molecule has 1 aromatic rings. The summed E-state index contributed by atoms with van der Waals surface area (Å²) in [7, 11) is 0. The van der Waals surface area contributed by atoms with Crippen LogP contribution in [0.4, 0.5) is 0 Å². The van der Waals surface area contributed by atoms with E-state index in [-0.39, 0.29) is 12.0 Å². The van der Waals surface area contributed by atoms with Gasteiger partial charge in [0.25, 0.3) is 0 Å². The lowest BCUT2D eigenvalue weighted by atomic mass is 10.1. The summed E-state index contributed by atoms with van der Waals surface area (Å²) in [5, 5.41) is 14.2. The van der Waals surface area contributed by atoms with Gasteiger partial charge in [0.05, 0.1) is 34.4 Å². The van der Waals surface area contributed by atoms with Crippen molar-refractivity contribution in [2.75, 3.05) is 0 Å². The predicted molar refractivity (Wildman–Crippen MR) is 58.7 cm³/mol. The number of hydrogen-bond donors (Lipinski definition) is 0. The smallest absolute Gasteiger partial charge is 0.0844 e. The summed E-state index contributed by atoms with van der Waals surface area (Å²) in [6.45, 7) is 3.87. The van der Waals surface area contributed by atoms with Gasteiger partial charge in [0.1, 0.15) is 0 Å². The second-order valence-corrected chi connectivity index (χ2v) is 4.54. The first kappa shape index (κ1) is 10.5. The van der Waals surface area contributed by atoms with Gasteiger partial charge in [-0.15, -0.1) is 0 Å². The predicted octanol–water partition coefficient (Wildman–Crippen LogP) is 3.02. The van der Waals surface area contributed by atoms with Gasteiger partial charge in [-0.05, 0) is 33.1 Å². The molecule has 0 amide bonds. The second kappa shape index (κ2) is 3.86. The molecular weight excluding hydrogens is 210 g/mol. The molecule has 15 heavy (non-hydrogen) atoms. The van der Waals surface area contributed by atoms with Crippen LogP contribution < -0.4 is 0 Å². The maximum atomic E-state index is 9.04. The van der Waals surface area contributed by atoms with Crippen molar-refractivity contribution in [2.24, 2.45) is 5.92 Å². The molecule has 1 heterocycles. The van der Waals surface area contributed by atoms with Crippen molar-refractivity contribution < 1.29 is 0 Å². The summed E-state index contributed by atoms with van der Waals surface area (Å²) in [5.74, 6) is 0.0964. The van der Waals surface area contributed by atoms with Gasteiger partial charge in [0.15, 0.2) is 0 Å². The Kier molecular flexibility index (Phi) is 2.70. The topological polar surface area (TPSA) is 41.6 Å². The fourth-order valence-corrected chi connectivity index (χ4v) is 2.47. The van der Waals surface area contributed by atoms with Crippen LogP contribution in [0.25, 0.3) is 0 Å². The second-order valence-electron chi connectivity index (χ2n) is 4.16. The molecule has 1 aromatic heterocycles. The summed E-state index contributed by atoms with van der Waals surface area (Å²) in [4.78, 5) is 0. The number of hydrogen-bond acceptors (Lipinski definition) is 2. The molecule has 2 rings (SSSR count). The average molecular weight is 224 g/mol. The van der Waals surface area contributed by atoms with Gasteiger partial charge in [-0.3, -0.25) is 4.68 Å². The molecule has 2 atom stereocenters. The summed E-state index contributed by atoms with van der Waals surface area (Å²) in [6.07, 6.45) is 3.13. The average Bonchev–Trinajstić information content (AvgIpc) is 2.78. The molecule has 0 aliphatic heterocycles. The minimum Gasteiger partial charge on any atom is -0.264 e. The van der Waals surface area contributed by atoms with E-state index >= 15 is 0 Å². The number of halogens is 1. The Bertz CT molecular complexity index is 416. The van der Waals surface area contributed by atoms with E-state index in [9.17, 15) is 0 Å². The molecule has 4 heteroatoms. The van der Waals surface area contributed by atoms with Crippen LogP contribution in [0.3, 0.4) is 0 Å². The third kappa shape index (κ3) is 1.63. The lowest BCUT2D eigenvalue weighted by Gasteiger charge is -2.15. The van der Waals surface area contributed by atoms with E-state index in [0.717, 1.165) is 35.7 Å². The van der Waals surface area contributed by atoms with Gasteiger partial charge in [-0.1, -0.05) is 11.6 Å². The molecule has 3 nitrogen and oxygen atoms in total. The van der Waals surface area contributed by atoms with Crippen molar-refractivity contribution in [3.8, 4) is 6.07 Å². The van der Waals surface area contributed by atoms with Gasteiger partial charge in [-0.25, -0.2) is 0 Å². The SMILES string of the molecule is Cc1nn(C2CCCC2C#N)c(C)c1Cl. The summed E-state index contributed by atoms with van der Waals surface area (Å²) in [5.41, 5.74) is 1.85. The molecule has 0 bridgehead atoms. The summed E-state index contributed by atoms with van der Waals surface area (Å²) >= 11 is 6.10. The normalized spacial score (nSPS) is 25.5. The van der Waals surface area contributed by atoms with E-state index in [1.807, 2.05) is 18.5 Å². The van der Waals surface area contributed by atoms with Crippen molar-refractivity contribution in [2.45, 2.75) is 39.2 Å². The number of nitriles is 1. The zero-order chi connectivity index (χ0) is 11.0. The maximum Gasteiger partial charge on any atom is 0.0844 e. The minimum atomic E-state index is 0.0964. The van der Waals surface area contributed by atoms with Crippen LogP contribution >= 0.6 is 11.6 Å². The van der Waals surface area contributed by atoms with Crippen LogP contribution in [-0.4, -0.2) is 9.78 Å². The molecule has 0 spiro atoms. The van der Waals surface area contributed by atoms with Gasteiger partial charge in [0, 0.05) is 0 Å². The van der Waals surface area contributed by atoms with E-state index < -0.39 is 0 Å². The first-order valence-corrected chi connectivity index (χ1v) is 5.63. The zero-order valence-electron chi connectivity index (χ0n) is 9.00. The monoisotopic (exact) mass is 223 g/mol. The molecule has 1 saturated carbocycles. The van der Waals surface area contributed by atoms with Crippen molar-refractivity contribution in [3.05, 3.63) is 16.4 Å². The summed E-state index contributed by atoms with van der Waals surface area (Å²) < 4.78 is 1.94. The lowest BCUT2D eigenvalue weighted by Crippen LogP contribution is -2.15. The number of aryl methyl sites for hydroxylation is 1. The first-order chi connectivity index (χ1) is 7.15. The molecule has 80 valence electrons. The van der Waals surface area contributed by atoms with Crippen molar-refractivity contribution in [3.63, 3.8) is 0 Å². The Morgan fingerprint density at radius 2 is 2.20 bits per heavy atom. The molecular formula is C11H14ClN3. The quantitative estimate of drug-likeness (QED) is 0.735. The highest BCUT2D eigenvalue weighted by atomic mass is 35.5. The van der Waals surface area contributed by atoms with Crippen molar-refractivity contribution >= 4 is 11.6 Å². The maximum absolute atomic E-state index is 9.04. The van der Waals surface area contributed by atoms with E-state index in [0.29, 0.717) is 0 Å². The third-order valence-corrected chi connectivity index (χ3v) is 3.74. The first-order valence-electron chi connectivity index (χ1n) is 5.26. The Labute approximate surface area is 94.6 Å². The van der Waals surface area contributed by atoms with Crippen LogP contribution in [-0.2, 0) is 0 Å². The lowest BCUT2D eigenvalue weighted by molar-refractivity contribution is 0.400. The van der Waals surface area contributed by atoms with Crippen LogP contribution in [0.5, 0.6) is 0 Å². The van der Waals surface area contributed by atoms with Gasteiger partial charge in [0.2, 0.25) is 0 Å². The van der Waals surface area contributed by atoms with Crippen LogP contribution in [0, 0.1) is 31.1 Å². The third-order valence-electron chi connectivity index (χ3n) is 3.20. The number of nitrogens with zero attached hydrogens (tertiary/aromatic N) is 3. The van der Waals surface area contributed by atoms with E-state index in [1.54, 1.807) is 0 Å². The van der Waals surface area contributed by atoms with Crippen molar-refractivity contribution in [1.29, 1.82) is 5.26 Å². The minimum absolute atomic E-state index is 0.0964. The molecule has 1 fully saturated rings. The van der Waals surface area contributed by atoms with Crippen molar-refractivity contribution in [1.82, 2.24) is 9.78 Å². The van der Waals surface area contributed by atoms with Gasteiger partial charge < -0.3 is 0 Å². The Balaban J connectivity index is 2.38. The molecule has 2 unspecified atom stereocenters. The Morgan fingerprint density at radius 1 is 1.47 bits per heavy atom. The summed E-state index contributed by atoms with van der Waals surface area (Å²) in [6, 6.07) is 2.59. The number of aromatic nitrogens is 2. The molecule has 0 radical (unpaired) electrons. The zero-order valence-corrected chi connectivity index (χ0v) is 9.75. The van der Waals surface area contributed by atoms with Gasteiger partial charge >= 0.3 is 0 Å². The highest BCUT2D eigenvalue weighted by molar-refractivity contribution is 6.31. The largest absolute Gasteiger partial charge is 0.264 e. The van der Waals surface area contributed by atoms with E-state index in [1.165, 1.54) is 0 Å². The van der Waals surface area contributed by atoms with Crippen LogP contribution in [0.1, 0.15) is 36.7 Å². The fourth-order valence-electron chi connectivity index (χ4n) is 2.35. The standard InChI is InChI=1S/C11H14ClN3/c1-7-11(12)8(2)15(14-7)10-5-3-4-9(10)6-13/h9-10H,3-5H2,1-2H3. The van der Waals surface area contributed by atoms with Crippen LogP contribution in [0.2, 0.25) is 5.02 Å². The highest BCUT2D eigenvalue weighted by Gasteiger charge is 2.30. The molecule has 1 aliphatic rings. The molecule has 0 N–H and O–H groups in total. The Morgan fingerprint density at radius 3 is 2.73 bits per heavy atom. The Hall–Kier alpha value is -1.01. The number of rotatable bonds is 1.